The third-order valence-electron chi connectivity index (χ3n) is 4.53. The van der Waals surface area contributed by atoms with E-state index in [4.69, 9.17) is 4.74 Å². The van der Waals surface area contributed by atoms with Crippen LogP contribution in [0.15, 0.2) is 42.5 Å². The quantitative estimate of drug-likeness (QED) is 0.881. The van der Waals surface area contributed by atoms with Gasteiger partial charge in [0.1, 0.15) is 11.5 Å². The van der Waals surface area contributed by atoms with Gasteiger partial charge in [0.25, 0.3) is 5.91 Å². The second kappa shape index (κ2) is 8.27. The van der Waals surface area contributed by atoms with E-state index in [1.54, 1.807) is 24.3 Å². The highest BCUT2D eigenvalue weighted by molar-refractivity contribution is 5.94. The van der Waals surface area contributed by atoms with Gasteiger partial charge in [-0.2, -0.15) is 0 Å². The summed E-state index contributed by atoms with van der Waals surface area (Å²) in [4.78, 5) is 14.6. The largest absolute Gasteiger partial charge is 0.457 e. The number of benzene rings is 2. The summed E-state index contributed by atoms with van der Waals surface area (Å²) in [6, 6.07) is 10.1. The lowest BCUT2D eigenvalue weighted by Crippen LogP contribution is -2.42. The number of hydrogen-bond donors (Lipinski definition) is 1. The van der Waals surface area contributed by atoms with Gasteiger partial charge in [0.05, 0.1) is 0 Å². The third-order valence-corrected chi connectivity index (χ3v) is 4.53. The lowest BCUT2D eigenvalue weighted by atomic mass is 9.97. The van der Waals surface area contributed by atoms with E-state index in [-0.39, 0.29) is 11.7 Å². The predicted molar refractivity (Wildman–Crippen MR) is 95.4 cm³/mol. The minimum atomic E-state index is -0.962. The van der Waals surface area contributed by atoms with Crippen LogP contribution < -0.4 is 10.1 Å². The van der Waals surface area contributed by atoms with Crippen molar-refractivity contribution in [1.29, 1.82) is 0 Å². The van der Waals surface area contributed by atoms with Crippen LogP contribution in [0.1, 0.15) is 23.2 Å². The molecule has 1 amide bonds. The zero-order chi connectivity index (χ0) is 18.5. The molecule has 1 atom stereocenters. The molecule has 6 heteroatoms. The standard InChI is InChI=1S/C20H22F2N2O2/c1-23-12-14-3-2-10-24(13-14)20(25)15-4-6-16(7-5-15)26-17-8-9-18(21)19(22)11-17/h4-9,11,14,23H,2-3,10,12-13H2,1H3/t14-/m0/s1. The van der Waals surface area contributed by atoms with Crippen LogP contribution in [0.3, 0.4) is 0 Å². The molecular weight excluding hydrogens is 338 g/mol. The minimum Gasteiger partial charge on any atom is -0.457 e. The summed E-state index contributed by atoms with van der Waals surface area (Å²) in [7, 11) is 1.92. The molecule has 3 rings (SSSR count). The van der Waals surface area contributed by atoms with Gasteiger partial charge in [0, 0.05) is 24.7 Å². The molecule has 1 N–H and O–H groups in total. The molecule has 1 aliphatic rings. The molecular formula is C20H22F2N2O2. The topological polar surface area (TPSA) is 41.6 Å². The van der Waals surface area contributed by atoms with Crippen LogP contribution in [0.4, 0.5) is 8.78 Å². The molecule has 0 bridgehead atoms. The third kappa shape index (κ3) is 4.38. The summed E-state index contributed by atoms with van der Waals surface area (Å²) in [5.74, 6) is -0.737. The number of halogens is 2. The van der Waals surface area contributed by atoms with Crippen molar-refractivity contribution in [2.75, 3.05) is 26.7 Å². The monoisotopic (exact) mass is 360 g/mol. The summed E-state index contributed by atoms with van der Waals surface area (Å²) in [5.41, 5.74) is 0.591. The molecule has 1 heterocycles. The highest BCUT2D eigenvalue weighted by atomic mass is 19.2. The van der Waals surface area contributed by atoms with Crippen LogP contribution in [0, 0.1) is 17.6 Å². The average molecular weight is 360 g/mol. The van der Waals surface area contributed by atoms with E-state index in [2.05, 4.69) is 5.32 Å². The van der Waals surface area contributed by atoms with Crippen LogP contribution in [0.5, 0.6) is 11.5 Å². The Hall–Kier alpha value is -2.47. The first-order valence-electron chi connectivity index (χ1n) is 8.73. The fourth-order valence-electron chi connectivity index (χ4n) is 3.23. The maximum absolute atomic E-state index is 13.2. The Balaban J connectivity index is 1.65. The number of hydrogen-bond acceptors (Lipinski definition) is 3. The van der Waals surface area contributed by atoms with E-state index in [9.17, 15) is 13.6 Å². The van der Waals surface area contributed by atoms with Gasteiger partial charge in [-0.1, -0.05) is 0 Å². The average Bonchev–Trinajstić information content (AvgIpc) is 2.65. The van der Waals surface area contributed by atoms with Gasteiger partial charge in [0.15, 0.2) is 11.6 Å². The summed E-state index contributed by atoms with van der Waals surface area (Å²) >= 11 is 0. The highest BCUT2D eigenvalue weighted by Gasteiger charge is 2.24. The molecule has 1 aliphatic heterocycles. The molecule has 0 aromatic heterocycles. The van der Waals surface area contributed by atoms with E-state index in [0.717, 1.165) is 44.6 Å². The van der Waals surface area contributed by atoms with Crippen LogP contribution in [0.2, 0.25) is 0 Å². The number of carbonyl (C=O) groups is 1. The number of piperidine rings is 1. The number of likely N-dealkylation sites (tertiary alicyclic amines) is 1. The van der Waals surface area contributed by atoms with Crippen molar-refractivity contribution in [1.82, 2.24) is 10.2 Å². The predicted octanol–water partition coefficient (Wildman–Crippen LogP) is 3.83. The Labute approximate surface area is 151 Å². The number of nitrogens with one attached hydrogen (secondary N) is 1. The van der Waals surface area contributed by atoms with E-state index in [1.807, 2.05) is 11.9 Å². The second-order valence-corrected chi connectivity index (χ2v) is 6.52. The molecule has 0 aliphatic carbocycles. The molecule has 26 heavy (non-hydrogen) atoms. The van der Waals surface area contributed by atoms with Crippen molar-refractivity contribution in [2.45, 2.75) is 12.8 Å². The number of ether oxygens (including phenoxy) is 1. The molecule has 4 nitrogen and oxygen atoms in total. The summed E-state index contributed by atoms with van der Waals surface area (Å²) in [6.07, 6.45) is 2.14. The van der Waals surface area contributed by atoms with Crippen molar-refractivity contribution in [2.24, 2.45) is 5.92 Å². The molecule has 2 aromatic rings. The van der Waals surface area contributed by atoms with Crippen molar-refractivity contribution in [3.8, 4) is 11.5 Å². The summed E-state index contributed by atoms with van der Waals surface area (Å²) in [6.45, 7) is 2.43. The number of rotatable bonds is 5. The first kappa shape index (κ1) is 18.3. The number of nitrogens with zero attached hydrogens (tertiary/aromatic N) is 1. The van der Waals surface area contributed by atoms with Gasteiger partial charge in [-0.15, -0.1) is 0 Å². The van der Waals surface area contributed by atoms with E-state index < -0.39 is 11.6 Å². The molecule has 0 saturated carbocycles. The van der Waals surface area contributed by atoms with Crippen molar-refractivity contribution < 1.29 is 18.3 Å². The van der Waals surface area contributed by atoms with Crippen LogP contribution >= 0.6 is 0 Å². The Morgan fingerprint density at radius 2 is 1.88 bits per heavy atom. The molecule has 1 saturated heterocycles. The smallest absolute Gasteiger partial charge is 0.253 e. The minimum absolute atomic E-state index is 0.00480. The Morgan fingerprint density at radius 3 is 2.58 bits per heavy atom. The van der Waals surface area contributed by atoms with Gasteiger partial charge < -0.3 is 15.0 Å². The fraction of sp³-hybridized carbons (Fsp3) is 0.350. The molecule has 1 fully saturated rings. The zero-order valence-electron chi connectivity index (χ0n) is 14.7. The van der Waals surface area contributed by atoms with Gasteiger partial charge in [-0.05, 0) is 68.8 Å². The van der Waals surface area contributed by atoms with Crippen molar-refractivity contribution in [3.63, 3.8) is 0 Å². The van der Waals surface area contributed by atoms with Gasteiger partial charge in [-0.25, -0.2) is 8.78 Å². The molecule has 0 unspecified atom stereocenters. The first-order chi connectivity index (χ1) is 12.6. The highest BCUT2D eigenvalue weighted by Crippen LogP contribution is 2.24. The van der Waals surface area contributed by atoms with Crippen LogP contribution in [0.25, 0.3) is 0 Å². The Morgan fingerprint density at radius 1 is 1.15 bits per heavy atom. The van der Waals surface area contributed by atoms with E-state index in [1.165, 1.54) is 6.07 Å². The van der Waals surface area contributed by atoms with Crippen LogP contribution in [-0.4, -0.2) is 37.5 Å². The molecule has 2 aromatic carbocycles. The second-order valence-electron chi connectivity index (χ2n) is 6.52. The fourth-order valence-corrected chi connectivity index (χ4v) is 3.23. The normalized spacial score (nSPS) is 17.2. The molecule has 138 valence electrons. The SMILES string of the molecule is CNC[C@@H]1CCCN(C(=O)c2ccc(Oc3ccc(F)c(F)c3)cc2)C1. The summed E-state index contributed by atoms with van der Waals surface area (Å²) in [5, 5.41) is 3.17. The number of carbonyl (C=O) groups excluding carboxylic acids is 1. The first-order valence-corrected chi connectivity index (χ1v) is 8.73. The lowest BCUT2D eigenvalue weighted by Gasteiger charge is -2.32. The maximum atomic E-state index is 13.2. The van der Waals surface area contributed by atoms with Gasteiger partial charge in [0.2, 0.25) is 0 Å². The van der Waals surface area contributed by atoms with E-state index >= 15 is 0 Å². The van der Waals surface area contributed by atoms with Gasteiger partial charge >= 0.3 is 0 Å². The van der Waals surface area contributed by atoms with Crippen LogP contribution in [-0.2, 0) is 0 Å². The van der Waals surface area contributed by atoms with Gasteiger partial charge in [-0.3, -0.25) is 4.79 Å². The lowest BCUT2D eigenvalue weighted by molar-refractivity contribution is 0.0674. The van der Waals surface area contributed by atoms with Crippen molar-refractivity contribution in [3.05, 3.63) is 59.7 Å². The Bertz CT molecular complexity index is 763. The Kier molecular flexibility index (Phi) is 5.83. The van der Waals surface area contributed by atoms with E-state index in [0.29, 0.717) is 17.2 Å². The molecule has 0 spiro atoms. The number of amides is 1. The van der Waals surface area contributed by atoms with Crippen molar-refractivity contribution >= 4 is 5.91 Å². The zero-order valence-corrected chi connectivity index (χ0v) is 14.7. The maximum Gasteiger partial charge on any atom is 0.253 e. The molecule has 0 radical (unpaired) electrons. The summed E-state index contributed by atoms with van der Waals surface area (Å²) < 4.78 is 31.7.